The molecule has 1 unspecified atom stereocenters. The van der Waals surface area contributed by atoms with E-state index in [2.05, 4.69) is 30.7 Å². The normalized spacial score (nSPS) is 14.9. The summed E-state index contributed by atoms with van der Waals surface area (Å²) in [6.07, 6.45) is 3.90. The summed E-state index contributed by atoms with van der Waals surface area (Å²) in [5.74, 6) is -0.287. The molecule has 0 saturated heterocycles. The van der Waals surface area contributed by atoms with Gasteiger partial charge in [-0.2, -0.15) is 0 Å². The van der Waals surface area contributed by atoms with E-state index in [1.54, 1.807) is 6.20 Å². The largest absolute Gasteiger partial charge is 0.329 e. The molecule has 0 amide bonds. The fourth-order valence-corrected chi connectivity index (χ4v) is 1.94. The number of rotatable bonds is 6. The van der Waals surface area contributed by atoms with Gasteiger partial charge in [-0.25, -0.2) is 4.39 Å². The van der Waals surface area contributed by atoms with E-state index in [-0.39, 0.29) is 11.4 Å². The lowest BCUT2D eigenvalue weighted by Gasteiger charge is -2.39. The van der Waals surface area contributed by atoms with Gasteiger partial charge >= 0.3 is 0 Å². The number of likely N-dealkylation sites (N-methyl/N-ethyl adjacent to an activating group) is 1. The molecule has 1 aromatic heterocycles. The van der Waals surface area contributed by atoms with Crippen molar-refractivity contribution < 1.29 is 4.39 Å². The highest BCUT2D eigenvalue weighted by Gasteiger charge is 2.27. The molecule has 2 N–H and O–H groups in total. The van der Waals surface area contributed by atoms with Gasteiger partial charge in [0.05, 0.1) is 6.20 Å². The first-order valence-electron chi connectivity index (χ1n) is 6.10. The van der Waals surface area contributed by atoms with Gasteiger partial charge in [-0.05, 0) is 31.5 Å². The van der Waals surface area contributed by atoms with E-state index in [9.17, 15) is 4.39 Å². The minimum Gasteiger partial charge on any atom is -0.329 e. The Kier molecular flexibility index (Phi) is 5.02. The Morgan fingerprint density at radius 3 is 2.59 bits per heavy atom. The van der Waals surface area contributed by atoms with Crippen LogP contribution in [0.2, 0.25) is 0 Å². The van der Waals surface area contributed by atoms with Crippen LogP contribution in [0.15, 0.2) is 18.5 Å². The highest BCUT2D eigenvalue weighted by atomic mass is 19.1. The number of nitrogens with two attached hydrogens (primary N) is 1. The molecule has 1 aromatic rings. The van der Waals surface area contributed by atoms with E-state index in [0.29, 0.717) is 13.1 Å². The third kappa shape index (κ3) is 3.48. The molecular formula is C13H22FN3. The summed E-state index contributed by atoms with van der Waals surface area (Å²) >= 11 is 0. The lowest BCUT2D eigenvalue weighted by molar-refractivity contribution is 0.104. The van der Waals surface area contributed by atoms with Crippen molar-refractivity contribution in [3.05, 3.63) is 29.8 Å². The van der Waals surface area contributed by atoms with Gasteiger partial charge in [-0.1, -0.05) is 13.8 Å². The zero-order valence-corrected chi connectivity index (χ0v) is 10.9. The fraction of sp³-hybridized carbons (Fsp3) is 0.615. The van der Waals surface area contributed by atoms with Crippen molar-refractivity contribution in [2.45, 2.75) is 39.3 Å². The summed E-state index contributed by atoms with van der Waals surface area (Å²) < 4.78 is 13.1. The summed E-state index contributed by atoms with van der Waals surface area (Å²) in [5, 5.41) is 0. The molecule has 17 heavy (non-hydrogen) atoms. The molecule has 0 spiro atoms. The first kappa shape index (κ1) is 14.1. The highest BCUT2D eigenvalue weighted by Crippen LogP contribution is 2.20. The van der Waals surface area contributed by atoms with Gasteiger partial charge in [0, 0.05) is 24.8 Å². The summed E-state index contributed by atoms with van der Waals surface area (Å²) in [7, 11) is 0. The van der Waals surface area contributed by atoms with Crippen LogP contribution in [0.4, 0.5) is 4.39 Å². The minimum atomic E-state index is -0.287. The molecule has 1 atom stereocenters. The predicted molar refractivity (Wildman–Crippen MR) is 68.0 cm³/mol. The molecular weight excluding hydrogens is 217 g/mol. The van der Waals surface area contributed by atoms with E-state index in [4.69, 9.17) is 5.73 Å². The number of nitrogens with zero attached hydrogens (tertiary/aromatic N) is 2. The summed E-state index contributed by atoms with van der Waals surface area (Å²) in [6, 6.07) is 1.53. The van der Waals surface area contributed by atoms with Gasteiger partial charge in [0.25, 0.3) is 0 Å². The second-order valence-electron chi connectivity index (χ2n) is 4.58. The molecule has 0 fully saturated rings. The van der Waals surface area contributed by atoms with Crippen LogP contribution in [-0.2, 0) is 6.54 Å². The van der Waals surface area contributed by atoms with Crippen LogP contribution in [0.3, 0.4) is 0 Å². The van der Waals surface area contributed by atoms with E-state index in [1.807, 2.05) is 0 Å². The molecule has 0 aliphatic carbocycles. The van der Waals surface area contributed by atoms with Crippen LogP contribution in [0.5, 0.6) is 0 Å². The molecule has 0 aliphatic heterocycles. The van der Waals surface area contributed by atoms with Crippen molar-refractivity contribution in [3.8, 4) is 0 Å². The topological polar surface area (TPSA) is 42.2 Å². The molecule has 3 nitrogen and oxygen atoms in total. The van der Waals surface area contributed by atoms with E-state index in [0.717, 1.165) is 18.5 Å². The van der Waals surface area contributed by atoms with Crippen molar-refractivity contribution in [2.24, 2.45) is 5.73 Å². The minimum absolute atomic E-state index is 0.0406. The van der Waals surface area contributed by atoms with Crippen molar-refractivity contribution in [2.75, 3.05) is 13.1 Å². The number of pyridine rings is 1. The Balaban J connectivity index is 2.83. The average molecular weight is 239 g/mol. The van der Waals surface area contributed by atoms with Crippen LogP contribution in [0.1, 0.15) is 32.8 Å². The highest BCUT2D eigenvalue weighted by molar-refractivity contribution is 5.10. The summed E-state index contributed by atoms with van der Waals surface area (Å²) in [6.45, 7) is 8.53. The number of aromatic nitrogens is 1. The Bertz CT molecular complexity index is 350. The second-order valence-corrected chi connectivity index (χ2v) is 4.58. The number of hydrogen-bond donors (Lipinski definition) is 1. The van der Waals surface area contributed by atoms with Gasteiger partial charge in [0.15, 0.2) is 0 Å². The van der Waals surface area contributed by atoms with Gasteiger partial charge in [-0.3, -0.25) is 9.88 Å². The maximum absolute atomic E-state index is 13.1. The Morgan fingerprint density at radius 1 is 1.41 bits per heavy atom. The zero-order chi connectivity index (χ0) is 12.9. The van der Waals surface area contributed by atoms with Crippen molar-refractivity contribution in [1.29, 1.82) is 0 Å². The molecule has 4 heteroatoms. The van der Waals surface area contributed by atoms with Crippen molar-refractivity contribution >= 4 is 0 Å². The third-order valence-corrected chi connectivity index (χ3v) is 3.48. The predicted octanol–water partition coefficient (Wildman–Crippen LogP) is 2.17. The van der Waals surface area contributed by atoms with Crippen molar-refractivity contribution in [3.63, 3.8) is 0 Å². The van der Waals surface area contributed by atoms with Gasteiger partial charge < -0.3 is 5.73 Å². The average Bonchev–Trinajstić information content (AvgIpc) is 2.35. The number of hydrogen-bond acceptors (Lipinski definition) is 3. The van der Waals surface area contributed by atoms with Crippen LogP contribution in [0.25, 0.3) is 0 Å². The lowest BCUT2D eigenvalue weighted by Crippen LogP contribution is -2.50. The van der Waals surface area contributed by atoms with E-state index >= 15 is 0 Å². The molecule has 0 radical (unpaired) electrons. The SMILES string of the molecule is CCN(Cc1cncc(F)c1)C(C)(CC)CN. The fourth-order valence-electron chi connectivity index (χ4n) is 1.94. The maximum Gasteiger partial charge on any atom is 0.141 e. The summed E-state index contributed by atoms with van der Waals surface area (Å²) in [5.41, 5.74) is 6.69. The first-order chi connectivity index (χ1) is 8.05. The first-order valence-corrected chi connectivity index (χ1v) is 6.10. The van der Waals surface area contributed by atoms with Crippen LogP contribution >= 0.6 is 0 Å². The maximum atomic E-state index is 13.1. The quantitative estimate of drug-likeness (QED) is 0.827. The molecule has 0 aliphatic rings. The van der Waals surface area contributed by atoms with Gasteiger partial charge in [-0.15, -0.1) is 0 Å². The number of halogens is 1. The van der Waals surface area contributed by atoms with Gasteiger partial charge in [0.2, 0.25) is 0 Å². The molecule has 0 bridgehead atoms. The van der Waals surface area contributed by atoms with Crippen LogP contribution in [-0.4, -0.2) is 28.5 Å². The van der Waals surface area contributed by atoms with Gasteiger partial charge in [0.1, 0.15) is 5.82 Å². The lowest BCUT2D eigenvalue weighted by atomic mass is 9.96. The molecule has 1 heterocycles. The summed E-state index contributed by atoms with van der Waals surface area (Å²) in [4.78, 5) is 6.14. The monoisotopic (exact) mass is 239 g/mol. The standard InChI is InChI=1S/C13H22FN3/c1-4-13(3,10-15)17(5-2)9-11-6-12(14)8-16-7-11/h6-8H,4-5,9-10,15H2,1-3H3. The van der Waals surface area contributed by atoms with Crippen LogP contribution < -0.4 is 5.73 Å². The van der Waals surface area contributed by atoms with E-state index < -0.39 is 0 Å². The molecule has 0 aromatic carbocycles. The Labute approximate surface area is 103 Å². The van der Waals surface area contributed by atoms with E-state index in [1.165, 1.54) is 12.3 Å². The second kappa shape index (κ2) is 6.07. The molecule has 0 saturated carbocycles. The third-order valence-electron chi connectivity index (χ3n) is 3.48. The zero-order valence-electron chi connectivity index (χ0n) is 10.9. The molecule has 96 valence electrons. The Hall–Kier alpha value is -1.00. The molecule has 1 rings (SSSR count). The smallest absolute Gasteiger partial charge is 0.141 e. The van der Waals surface area contributed by atoms with Crippen molar-refractivity contribution in [1.82, 2.24) is 9.88 Å². The Morgan fingerprint density at radius 2 is 2.12 bits per heavy atom. The van der Waals surface area contributed by atoms with Crippen LogP contribution in [0, 0.1) is 5.82 Å².